The van der Waals surface area contributed by atoms with Gasteiger partial charge in [-0.1, -0.05) is 24.3 Å². The maximum Gasteiger partial charge on any atom is 0.365 e. The zero-order chi connectivity index (χ0) is 15.3. The van der Waals surface area contributed by atoms with Gasteiger partial charge in [0.1, 0.15) is 0 Å². The van der Waals surface area contributed by atoms with Crippen LogP contribution in [0.5, 0.6) is 0 Å². The normalized spacial score (nSPS) is 19.0. The number of anilines is 1. The van der Waals surface area contributed by atoms with E-state index in [1.165, 1.54) is 0 Å². The second-order valence-electron chi connectivity index (χ2n) is 4.65. The van der Waals surface area contributed by atoms with Gasteiger partial charge in [0.2, 0.25) is 5.85 Å². The number of benzene rings is 1. The fourth-order valence-electron chi connectivity index (χ4n) is 2.19. The first-order chi connectivity index (χ1) is 10.1. The van der Waals surface area contributed by atoms with E-state index in [9.17, 15) is 4.57 Å². The minimum absolute atomic E-state index is 0.315. The van der Waals surface area contributed by atoms with Crippen LogP contribution in [-0.2, 0) is 18.5 Å². The molecule has 0 fully saturated rings. The van der Waals surface area contributed by atoms with Crippen LogP contribution < -0.4 is 5.06 Å². The van der Waals surface area contributed by atoms with Gasteiger partial charge in [-0.25, -0.2) is 5.06 Å². The fourth-order valence-corrected chi connectivity index (χ4v) is 3.84. The van der Waals surface area contributed by atoms with Crippen molar-refractivity contribution < 1.29 is 18.5 Å². The molecule has 0 saturated heterocycles. The molecule has 0 saturated carbocycles. The van der Waals surface area contributed by atoms with Crippen molar-refractivity contribution in [2.75, 3.05) is 24.8 Å². The zero-order valence-corrected chi connectivity index (χ0v) is 13.6. The van der Waals surface area contributed by atoms with Crippen LogP contribution in [0.15, 0.2) is 36.4 Å². The Bertz CT molecular complexity index is 536. The van der Waals surface area contributed by atoms with Crippen molar-refractivity contribution in [3.8, 4) is 0 Å². The molecular weight excluding hydrogens is 289 g/mol. The molecule has 21 heavy (non-hydrogen) atoms. The van der Waals surface area contributed by atoms with Gasteiger partial charge in [-0.3, -0.25) is 9.40 Å². The molecule has 0 aromatic heterocycles. The minimum Gasteiger partial charge on any atom is -0.307 e. The molecule has 1 aliphatic heterocycles. The number of nitrogens with zero attached hydrogens (tertiary/aromatic N) is 1. The highest BCUT2D eigenvalue weighted by atomic mass is 31.2. The SMILES string of the molecule is CCOP(=O)(OCC)C1C=CCN(c2ccccc2C)O1. The predicted molar refractivity (Wildman–Crippen MR) is 83.4 cm³/mol. The summed E-state index contributed by atoms with van der Waals surface area (Å²) in [6, 6.07) is 7.90. The van der Waals surface area contributed by atoms with E-state index in [4.69, 9.17) is 13.9 Å². The maximum atomic E-state index is 12.8. The van der Waals surface area contributed by atoms with Crippen molar-refractivity contribution in [3.63, 3.8) is 0 Å². The minimum atomic E-state index is -3.32. The van der Waals surface area contributed by atoms with Crippen LogP contribution in [0.4, 0.5) is 5.69 Å². The van der Waals surface area contributed by atoms with Crippen LogP contribution in [0.3, 0.4) is 0 Å². The lowest BCUT2D eigenvalue weighted by atomic mass is 10.2. The molecule has 0 aliphatic carbocycles. The monoisotopic (exact) mass is 311 g/mol. The van der Waals surface area contributed by atoms with Crippen LogP contribution in [-0.4, -0.2) is 25.6 Å². The second-order valence-corrected chi connectivity index (χ2v) is 6.75. The van der Waals surface area contributed by atoms with Crippen molar-refractivity contribution in [1.29, 1.82) is 0 Å². The second kappa shape index (κ2) is 7.23. The first kappa shape index (κ1) is 16.2. The van der Waals surface area contributed by atoms with E-state index in [0.29, 0.717) is 19.8 Å². The summed E-state index contributed by atoms with van der Waals surface area (Å²) in [6.07, 6.45) is 3.67. The Morgan fingerprint density at radius 3 is 2.57 bits per heavy atom. The van der Waals surface area contributed by atoms with Gasteiger partial charge in [0.25, 0.3) is 0 Å². The Morgan fingerprint density at radius 2 is 1.95 bits per heavy atom. The Balaban J connectivity index is 2.21. The lowest BCUT2D eigenvalue weighted by molar-refractivity contribution is 0.0729. The quantitative estimate of drug-likeness (QED) is 0.589. The van der Waals surface area contributed by atoms with E-state index in [1.807, 2.05) is 37.3 Å². The largest absolute Gasteiger partial charge is 0.365 e. The van der Waals surface area contributed by atoms with E-state index in [2.05, 4.69) is 0 Å². The van der Waals surface area contributed by atoms with Crippen LogP contribution in [0.2, 0.25) is 0 Å². The third-order valence-electron chi connectivity index (χ3n) is 3.12. The molecule has 1 aromatic carbocycles. The average Bonchev–Trinajstić information content (AvgIpc) is 2.48. The lowest BCUT2D eigenvalue weighted by Crippen LogP contribution is -2.34. The maximum absolute atomic E-state index is 12.8. The molecule has 6 heteroatoms. The van der Waals surface area contributed by atoms with E-state index in [0.717, 1.165) is 11.3 Å². The molecule has 1 aliphatic rings. The molecule has 0 N–H and O–H groups in total. The number of rotatable bonds is 6. The van der Waals surface area contributed by atoms with Gasteiger partial charge in [-0.2, -0.15) is 0 Å². The first-order valence-corrected chi connectivity index (χ1v) is 8.77. The summed E-state index contributed by atoms with van der Waals surface area (Å²) in [7, 11) is -3.32. The number of hydroxylamine groups is 1. The van der Waals surface area contributed by atoms with Crippen molar-refractivity contribution in [3.05, 3.63) is 42.0 Å². The van der Waals surface area contributed by atoms with Gasteiger partial charge in [0.15, 0.2) is 0 Å². The van der Waals surface area contributed by atoms with Crippen LogP contribution in [0, 0.1) is 6.92 Å². The van der Waals surface area contributed by atoms with Gasteiger partial charge < -0.3 is 9.05 Å². The van der Waals surface area contributed by atoms with E-state index in [-0.39, 0.29) is 0 Å². The number of aryl methyl sites for hydroxylation is 1. The molecule has 1 aromatic rings. The Hall–Kier alpha value is -1.13. The van der Waals surface area contributed by atoms with Gasteiger partial charge in [-0.15, -0.1) is 0 Å². The molecular formula is C15H22NO4P. The summed E-state index contributed by atoms with van der Waals surface area (Å²) in [5.74, 6) is -0.717. The molecule has 0 radical (unpaired) electrons. The number of para-hydroxylation sites is 1. The summed E-state index contributed by atoms with van der Waals surface area (Å²) < 4.78 is 23.5. The zero-order valence-electron chi connectivity index (χ0n) is 12.7. The predicted octanol–water partition coefficient (Wildman–Crippen LogP) is 3.90. The fraction of sp³-hybridized carbons (Fsp3) is 0.467. The third-order valence-corrected chi connectivity index (χ3v) is 5.25. The Labute approximate surface area is 126 Å². The van der Waals surface area contributed by atoms with E-state index >= 15 is 0 Å². The topological polar surface area (TPSA) is 48.0 Å². The third kappa shape index (κ3) is 3.74. The van der Waals surface area contributed by atoms with Crippen LogP contribution in [0.25, 0.3) is 0 Å². The van der Waals surface area contributed by atoms with Crippen molar-refractivity contribution >= 4 is 13.3 Å². The molecule has 0 spiro atoms. The molecule has 0 amide bonds. The standard InChI is InChI=1S/C15H22NO4P/c1-4-18-21(17,19-5-2)15-11-8-12-16(20-15)14-10-7-6-9-13(14)3/h6-11,15H,4-5,12H2,1-3H3. The average molecular weight is 311 g/mol. The highest BCUT2D eigenvalue weighted by Gasteiger charge is 2.38. The Kier molecular flexibility index (Phi) is 5.59. The van der Waals surface area contributed by atoms with Crippen molar-refractivity contribution in [1.82, 2.24) is 0 Å². The Morgan fingerprint density at radius 1 is 1.29 bits per heavy atom. The number of hydrogen-bond donors (Lipinski definition) is 0. The molecule has 1 atom stereocenters. The molecule has 1 unspecified atom stereocenters. The van der Waals surface area contributed by atoms with E-state index < -0.39 is 13.4 Å². The first-order valence-electron chi connectivity index (χ1n) is 7.16. The molecule has 2 rings (SSSR count). The van der Waals surface area contributed by atoms with Gasteiger partial charge >= 0.3 is 7.60 Å². The highest BCUT2D eigenvalue weighted by molar-refractivity contribution is 7.54. The summed E-state index contributed by atoms with van der Waals surface area (Å²) in [6.45, 7) is 6.82. The summed E-state index contributed by atoms with van der Waals surface area (Å²) in [5, 5.41) is 1.73. The van der Waals surface area contributed by atoms with Gasteiger partial charge in [0.05, 0.1) is 25.4 Å². The summed E-state index contributed by atoms with van der Waals surface area (Å²) in [5.41, 5.74) is 2.04. The smallest absolute Gasteiger partial charge is 0.307 e. The molecule has 1 heterocycles. The molecule has 0 bridgehead atoms. The van der Waals surface area contributed by atoms with Crippen molar-refractivity contribution in [2.24, 2.45) is 0 Å². The molecule has 116 valence electrons. The molecule has 5 nitrogen and oxygen atoms in total. The van der Waals surface area contributed by atoms with Crippen LogP contribution in [0.1, 0.15) is 19.4 Å². The van der Waals surface area contributed by atoms with Gasteiger partial charge in [0, 0.05) is 0 Å². The van der Waals surface area contributed by atoms with Gasteiger partial charge in [-0.05, 0) is 38.5 Å². The lowest BCUT2D eigenvalue weighted by Gasteiger charge is -2.33. The highest BCUT2D eigenvalue weighted by Crippen LogP contribution is 2.55. The summed E-state index contributed by atoms with van der Waals surface area (Å²) in [4.78, 5) is 5.86. The number of hydrogen-bond acceptors (Lipinski definition) is 5. The van der Waals surface area contributed by atoms with E-state index in [1.54, 1.807) is 25.0 Å². The van der Waals surface area contributed by atoms with Crippen LogP contribution >= 0.6 is 7.60 Å². The summed E-state index contributed by atoms with van der Waals surface area (Å²) >= 11 is 0. The van der Waals surface area contributed by atoms with Crippen molar-refractivity contribution in [2.45, 2.75) is 26.6 Å².